The van der Waals surface area contributed by atoms with Gasteiger partial charge >= 0.3 is 11.9 Å². The van der Waals surface area contributed by atoms with Gasteiger partial charge in [-0.2, -0.15) is 0 Å². The highest BCUT2D eigenvalue weighted by molar-refractivity contribution is 5.94. The molecule has 0 fully saturated rings. The topological polar surface area (TPSA) is 152 Å². The van der Waals surface area contributed by atoms with Crippen LogP contribution in [0, 0.1) is 0 Å². The molecule has 10 nitrogen and oxygen atoms in total. The molecule has 2 aromatic carbocycles. The van der Waals surface area contributed by atoms with E-state index in [9.17, 15) is 19.8 Å². The average molecular weight is 422 g/mol. The molecule has 0 unspecified atom stereocenters. The third-order valence-electron chi connectivity index (χ3n) is 3.78. The van der Waals surface area contributed by atoms with Gasteiger partial charge in [-0.25, -0.2) is 9.59 Å². The zero-order valence-corrected chi connectivity index (χ0v) is 15.9. The van der Waals surface area contributed by atoms with E-state index >= 15 is 0 Å². The highest BCUT2D eigenvalue weighted by atomic mass is 16.6. The van der Waals surface area contributed by atoms with Crippen LogP contribution in [0.25, 0.3) is 0 Å². The average Bonchev–Trinajstić information content (AvgIpc) is 2.68. The third kappa shape index (κ3) is 6.54. The van der Waals surface area contributed by atoms with Gasteiger partial charge in [0.15, 0.2) is 0 Å². The molecule has 0 saturated heterocycles. The number of rotatable bonds is 13. The van der Waals surface area contributed by atoms with Crippen molar-refractivity contribution in [2.24, 2.45) is 0 Å². The molecule has 0 aliphatic heterocycles. The van der Waals surface area contributed by atoms with Crippen LogP contribution in [-0.2, 0) is 9.47 Å². The van der Waals surface area contributed by atoms with E-state index in [2.05, 4.69) is 0 Å². The van der Waals surface area contributed by atoms with E-state index in [0.29, 0.717) is 0 Å². The molecule has 162 valence electrons. The van der Waals surface area contributed by atoms with Gasteiger partial charge in [0.25, 0.3) is 0 Å². The third-order valence-corrected chi connectivity index (χ3v) is 3.78. The second-order valence-corrected chi connectivity index (χ2v) is 5.83. The van der Waals surface area contributed by atoms with Crippen LogP contribution >= 0.6 is 0 Å². The Morgan fingerprint density at radius 3 is 1.37 bits per heavy atom. The lowest BCUT2D eigenvalue weighted by molar-refractivity contribution is 0.0269. The second-order valence-electron chi connectivity index (χ2n) is 5.83. The van der Waals surface area contributed by atoms with Crippen LogP contribution in [-0.4, -0.2) is 72.0 Å². The van der Waals surface area contributed by atoms with E-state index in [4.69, 9.17) is 29.2 Å². The molecule has 2 aromatic rings. The van der Waals surface area contributed by atoms with Crippen molar-refractivity contribution >= 4 is 11.9 Å². The first-order valence-corrected chi connectivity index (χ1v) is 8.93. The highest BCUT2D eigenvalue weighted by Crippen LogP contribution is 2.28. The van der Waals surface area contributed by atoms with Crippen LogP contribution in [0.4, 0.5) is 0 Å². The Balaban J connectivity index is 1.59. The standard InChI is InChI=1S/C20H22O10/c21-13-3-1-5-15(17(13)19(23)24)29-11-9-27-7-8-28-10-12-30-16-6-2-4-14(22)18(16)20(25)26/h1-6,21-22H,7-12H2,(H,23,24)(H,25,26). The lowest BCUT2D eigenvalue weighted by Gasteiger charge is -2.11. The molecular formula is C20H22O10. The SMILES string of the molecule is O=C(O)c1c(O)cccc1OCCOCCOCCOc1cccc(O)c1C(=O)O. The fraction of sp³-hybridized carbons (Fsp3) is 0.300. The van der Waals surface area contributed by atoms with Gasteiger partial charge in [-0.3, -0.25) is 0 Å². The summed E-state index contributed by atoms with van der Waals surface area (Å²) >= 11 is 0. The van der Waals surface area contributed by atoms with Crippen molar-refractivity contribution in [3.05, 3.63) is 47.5 Å². The summed E-state index contributed by atoms with van der Waals surface area (Å²) in [4.78, 5) is 22.2. The van der Waals surface area contributed by atoms with E-state index in [1.165, 1.54) is 36.4 Å². The molecule has 0 spiro atoms. The Morgan fingerprint density at radius 1 is 0.633 bits per heavy atom. The lowest BCUT2D eigenvalue weighted by atomic mass is 10.2. The second kappa shape index (κ2) is 11.5. The maximum Gasteiger partial charge on any atom is 0.343 e. The summed E-state index contributed by atoms with van der Waals surface area (Å²) in [5, 5.41) is 37.3. The number of carbonyl (C=O) groups is 2. The first kappa shape index (κ1) is 22.8. The number of hydrogen-bond acceptors (Lipinski definition) is 8. The first-order chi connectivity index (χ1) is 14.4. The summed E-state index contributed by atoms with van der Waals surface area (Å²) in [6.07, 6.45) is 0. The molecule has 2 rings (SSSR count). The monoisotopic (exact) mass is 422 g/mol. The van der Waals surface area contributed by atoms with Crippen molar-refractivity contribution in [3.8, 4) is 23.0 Å². The maximum atomic E-state index is 11.1. The molecule has 0 aliphatic carbocycles. The minimum Gasteiger partial charge on any atom is -0.507 e. The highest BCUT2D eigenvalue weighted by Gasteiger charge is 2.17. The summed E-state index contributed by atoms with van der Waals surface area (Å²) in [5.74, 6) is -3.24. The molecule has 10 heteroatoms. The van der Waals surface area contributed by atoms with Gasteiger partial charge in [0.1, 0.15) is 47.3 Å². The molecule has 0 amide bonds. The van der Waals surface area contributed by atoms with Crippen LogP contribution in [0.3, 0.4) is 0 Å². The molecule has 0 aliphatic rings. The number of carboxylic acids is 2. The molecule has 4 N–H and O–H groups in total. The first-order valence-electron chi connectivity index (χ1n) is 8.93. The van der Waals surface area contributed by atoms with Gasteiger partial charge in [-0.15, -0.1) is 0 Å². The fourth-order valence-corrected chi connectivity index (χ4v) is 2.45. The van der Waals surface area contributed by atoms with Crippen molar-refractivity contribution in [1.82, 2.24) is 0 Å². The van der Waals surface area contributed by atoms with Crippen LogP contribution in [0.2, 0.25) is 0 Å². The predicted molar refractivity (Wildman–Crippen MR) is 103 cm³/mol. The van der Waals surface area contributed by atoms with E-state index in [1.807, 2.05) is 0 Å². The molecule has 0 atom stereocenters. The van der Waals surface area contributed by atoms with Crippen molar-refractivity contribution in [3.63, 3.8) is 0 Å². The van der Waals surface area contributed by atoms with Crippen LogP contribution in [0.5, 0.6) is 23.0 Å². The van der Waals surface area contributed by atoms with Gasteiger partial charge in [-0.1, -0.05) is 12.1 Å². The predicted octanol–water partition coefficient (Wildman–Crippen LogP) is 1.99. The van der Waals surface area contributed by atoms with Gasteiger partial charge in [-0.05, 0) is 24.3 Å². The Bertz CT molecular complexity index is 793. The zero-order chi connectivity index (χ0) is 21.9. The summed E-state index contributed by atoms with van der Waals surface area (Å²) < 4.78 is 21.2. The number of aromatic hydroxyl groups is 2. The number of aromatic carboxylic acids is 2. The van der Waals surface area contributed by atoms with Gasteiger partial charge in [0.05, 0.1) is 26.4 Å². The molecule has 0 aromatic heterocycles. The molecule has 30 heavy (non-hydrogen) atoms. The van der Waals surface area contributed by atoms with E-state index in [1.54, 1.807) is 0 Å². The van der Waals surface area contributed by atoms with Crippen LogP contribution in [0.15, 0.2) is 36.4 Å². The summed E-state index contributed by atoms with van der Waals surface area (Å²) in [6, 6.07) is 8.35. The number of ether oxygens (including phenoxy) is 4. The summed E-state index contributed by atoms with van der Waals surface area (Å²) in [5.41, 5.74) is -0.614. The largest absolute Gasteiger partial charge is 0.507 e. The summed E-state index contributed by atoms with van der Waals surface area (Å²) in [7, 11) is 0. The Kier molecular flexibility index (Phi) is 8.73. The molecule has 0 bridgehead atoms. The molecule has 0 heterocycles. The van der Waals surface area contributed by atoms with Crippen molar-refractivity contribution in [1.29, 1.82) is 0 Å². The number of hydrogen-bond donors (Lipinski definition) is 4. The Hall–Kier alpha value is -3.50. The maximum absolute atomic E-state index is 11.1. The van der Waals surface area contributed by atoms with Crippen LogP contribution < -0.4 is 9.47 Å². The van der Waals surface area contributed by atoms with Crippen molar-refractivity contribution in [2.75, 3.05) is 39.6 Å². The number of benzene rings is 2. The molecule has 0 saturated carbocycles. The molecular weight excluding hydrogens is 400 g/mol. The normalized spacial score (nSPS) is 10.5. The summed E-state index contributed by atoms with van der Waals surface area (Å²) in [6.45, 7) is 1.04. The minimum atomic E-state index is -1.29. The van der Waals surface area contributed by atoms with E-state index in [0.717, 1.165) is 0 Å². The lowest BCUT2D eigenvalue weighted by Crippen LogP contribution is -2.14. The van der Waals surface area contributed by atoms with Crippen molar-refractivity contribution < 1.29 is 49.0 Å². The number of phenols is 2. The Morgan fingerprint density at radius 2 is 1.00 bits per heavy atom. The number of carboxylic acid groups (broad SMARTS) is 2. The van der Waals surface area contributed by atoms with Crippen molar-refractivity contribution in [2.45, 2.75) is 0 Å². The minimum absolute atomic E-state index is 0.0483. The fourth-order valence-electron chi connectivity index (χ4n) is 2.45. The molecule has 0 radical (unpaired) electrons. The smallest absolute Gasteiger partial charge is 0.343 e. The van der Waals surface area contributed by atoms with E-state index < -0.39 is 11.9 Å². The van der Waals surface area contributed by atoms with Gasteiger partial charge in [0, 0.05) is 0 Å². The van der Waals surface area contributed by atoms with Gasteiger partial charge < -0.3 is 39.4 Å². The van der Waals surface area contributed by atoms with Crippen LogP contribution in [0.1, 0.15) is 20.7 Å². The quantitative estimate of drug-likeness (QED) is 0.353. The Labute approximate surface area is 171 Å². The zero-order valence-electron chi connectivity index (χ0n) is 15.9. The van der Waals surface area contributed by atoms with E-state index in [-0.39, 0.29) is 73.8 Å². The van der Waals surface area contributed by atoms with Gasteiger partial charge in [0.2, 0.25) is 0 Å².